The van der Waals surface area contributed by atoms with Gasteiger partial charge in [-0.25, -0.2) is 13.5 Å². The molecule has 0 spiro atoms. The normalized spacial score (nSPS) is 14.7. The summed E-state index contributed by atoms with van der Waals surface area (Å²) in [5.41, 5.74) is 0.706. The van der Waals surface area contributed by atoms with E-state index in [0.29, 0.717) is 11.3 Å². The summed E-state index contributed by atoms with van der Waals surface area (Å²) in [6.07, 6.45) is -3.47. The van der Waals surface area contributed by atoms with Crippen LogP contribution in [0.3, 0.4) is 0 Å². The molecule has 0 fully saturated rings. The van der Waals surface area contributed by atoms with Crippen molar-refractivity contribution in [3.63, 3.8) is 0 Å². The molecule has 1 heterocycles. The lowest BCUT2D eigenvalue weighted by atomic mass is 10.2. The lowest BCUT2D eigenvalue weighted by molar-refractivity contribution is -0.239. The minimum absolute atomic E-state index is 0.00265. The number of hydrogen-bond donors (Lipinski definition) is 0. The number of alkyl halides is 3. The number of rotatable bonds is 10. The molecular weight excluding hydrogens is 495 g/mol. The largest absolute Gasteiger partial charge is 0.497 e. The monoisotopic (exact) mass is 523 g/mol. The first-order valence-electron chi connectivity index (χ1n) is 9.79. The number of halogens is 4. The van der Waals surface area contributed by atoms with E-state index in [1.165, 1.54) is 7.11 Å². The van der Waals surface area contributed by atoms with Gasteiger partial charge in [0.05, 0.1) is 26.9 Å². The van der Waals surface area contributed by atoms with Crippen LogP contribution in [0.4, 0.5) is 13.2 Å². The van der Waals surface area contributed by atoms with Gasteiger partial charge in [0.15, 0.2) is 14.1 Å². The standard InChI is InChI=1S/C20H29BrF3N3O3Si/c1-19(2,3)31(5,6)30-12-11-29-20(24,16(22)23)17-25-18(21)26-27(17)13-14-7-9-15(28-4)10-8-14/h7-10,16H,11-13H2,1-6H3. The number of nitrogens with zero attached hydrogens (tertiary/aromatic N) is 3. The highest BCUT2D eigenvalue weighted by Crippen LogP contribution is 2.37. The van der Waals surface area contributed by atoms with Crippen molar-refractivity contribution in [1.82, 2.24) is 14.8 Å². The molecule has 0 saturated carbocycles. The van der Waals surface area contributed by atoms with Crippen LogP contribution in [0.2, 0.25) is 18.1 Å². The van der Waals surface area contributed by atoms with Gasteiger partial charge in [-0.1, -0.05) is 32.9 Å². The van der Waals surface area contributed by atoms with Crippen molar-refractivity contribution in [1.29, 1.82) is 0 Å². The lowest BCUT2D eigenvalue weighted by Crippen LogP contribution is -2.42. The number of benzene rings is 1. The summed E-state index contributed by atoms with van der Waals surface area (Å²) in [7, 11) is -0.579. The van der Waals surface area contributed by atoms with Crippen LogP contribution in [-0.2, 0) is 21.6 Å². The second-order valence-electron chi connectivity index (χ2n) is 8.61. The maximum Gasteiger partial charge on any atom is 0.330 e. The van der Waals surface area contributed by atoms with E-state index in [0.717, 1.165) is 4.68 Å². The summed E-state index contributed by atoms with van der Waals surface area (Å²) in [4.78, 5) is 3.83. The van der Waals surface area contributed by atoms with Crippen molar-refractivity contribution in [2.45, 2.75) is 57.7 Å². The zero-order chi connectivity index (χ0) is 23.4. The Morgan fingerprint density at radius 3 is 2.26 bits per heavy atom. The van der Waals surface area contributed by atoms with Gasteiger partial charge in [-0.3, -0.25) is 0 Å². The van der Waals surface area contributed by atoms with Crippen LogP contribution in [0, 0.1) is 0 Å². The van der Waals surface area contributed by atoms with Crippen molar-refractivity contribution in [3.8, 4) is 5.75 Å². The molecule has 0 aliphatic heterocycles. The van der Waals surface area contributed by atoms with Crippen LogP contribution in [0.5, 0.6) is 5.75 Å². The molecule has 0 amide bonds. The second-order valence-corrected chi connectivity index (χ2v) is 14.1. The minimum Gasteiger partial charge on any atom is -0.497 e. The third-order valence-electron chi connectivity index (χ3n) is 5.39. The first kappa shape index (κ1) is 25.8. The van der Waals surface area contributed by atoms with Gasteiger partial charge in [0.1, 0.15) is 5.75 Å². The molecule has 0 aliphatic carbocycles. The van der Waals surface area contributed by atoms with Gasteiger partial charge in [0.25, 0.3) is 0 Å². The first-order chi connectivity index (χ1) is 14.3. The van der Waals surface area contributed by atoms with Gasteiger partial charge in [0.2, 0.25) is 4.73 Å². The molecule has 0 N–H and O–H groups in total. The molecule has 2 rings (SSSR count). The maximum atomic E-state index is 15.4. The Labute approximate surface area is 190 Å². The van der Waals surface area contributed by atoms with E-state index in [9.17, 15) is 8.78 Å². The molecule has 0 bridgehead atoms. The highest BCUT2D eigenvalue weighted by molar-refractivity contribution is 9.10. The summed E-state index contributed by atoms with van der Waals surface area (Å²) < 4.78 is 60.1. The summed E-state index contributed by atoms with van der Waals surface area (Å²) >= 11 is 3.04. The van der Waals surface area contributed by atoms with Crippen molar-refractivity contribution >= 4 is 24.2 Å². The first-order valence-corrected chi connectivity index (χ1v) is 13.5. The van der Waals surface area contributed by atoms with Crippen LogP contribution in [0.25, 0.3) is 0 Å². The maximum absolute atomic E-state index is 15.4. The van der Waals surface area contributed by atoms with Crippen LogP contribution < -0.4 is 4.74 Å². The average Bonchev–Trinajstić information content (AvgIpc) is 3.05. The molecule has 1 unspecified atom stereocenters. The predicted molar refractivity (Wildman–Crippen MR) is 118 cm³/mol. The van der Waals surface area contributed by atoms with Crippen molar-refractivity contribution in [2.75, 3.05) is 20.3 Å². The number of ether oxygens (including phenoxy) is 2. The molecule has 0 aliphatic rings. The number of hydrogen-bond acceptors (Lipinski definition) is 5. The third kappa shape index (κ3) is 6.30. The minimum atomic E-state index is -3.47. The van der Waals surface area contributed by atoms with Gasteiger partial charge in [-0.05, 0) is 51.8 Å². The zero-order valence-electron chi connectivity index (χ0n) is 18.6. The molecule has 0 radical (unpaired) electrons. The number of aromatic nitrogens is 3. The molecule has 2 aromatic rings. The summed E-state index contributed by atoms with van der Waals surface area (Å²) in [5, 5.41) is 3.95. The van der Waals surface area contributed by atoms with E-state index in [1.807, 2.05) is 13.1 Å². The van der Waals surface area contributed by atoms with Gasteiger partial charge in [0, 0.05) is 0 Å². The molecule has 174 valence electrons. The fourth-order valence-electron chi connectivity index (χ4n) is 2.51. The van der Waals surface area contributed by atoms with E-state index in [4.69, 9.17) is 13.9 Å². The van der Waals surface area contributed by atoms with Crippen molar-refractivity contribution < 1.29 is 27.1 Å². The Kier molecular flexibility index (Phi) is 8.34. The molecule has 11 heteroatoms. The Bertz CT molecular complexity index is 860. The highest BCUT2D eigenvalue weighted by atomic mass is 79.9. The highest BCUT2D eigenvalue weighted by Gasteiger charge is 2.49. The van der Waals surface area contributed by atoms with E-state index >= 15 is 4.39 Å². The third-order valence-corrected chi connectivity index (χ3v) is 10.3. The predicted octanol–water partition coefficient (Wildman–Crippen LogP) is 5.52. The van der Waals surface area contributed by atoms with E-state index in [1.54, 1.807) is 24.3 Å². The van der Waals surface area contributed by atoms with Crippen molar-refractivity contribution in [2.24, 2.45) is 0 Å². The Balaban J connectivity index is 2.17. The summed E-state index contributed by atoms with van der Waals surface area (Å²) in [6, 6.07) is 6.89. The summed E-state index contributed by atoms with van der Waals surface area (Å²) in [6.45, 7) is 9.88. The molecule has 6 nitrogen and oxygen atoms in total. The molecular formula is C20H29BrF3N3O3Si. The average molecular weight is 524 g/mol. The summed E-state index contributed by atoms with van der Waals surface area (Å²) in [5.74, 6) is -3.40. The van der Waals surface area contributed by atoms with Gasteiger partial charge < -0.3 is 13.9 Å². The Morgan fingerprint density at radius 2 is 1.74 bits per heavy atom. The van der Waals surface area contributed by atoms with E-state index in [2.05, 4.69) is 46.8 Å². The second kappa shape index (κ2) is 10.0. The van der Waals surface area contributed by atoms with Gasteiger partial charge in [-0.15, -0.1) is 5.10 Å². The Morgan fingerprint density at radius 1 is 1.13 bits per heavy atom. The van der Waals surface area contributed by atoms with Gasteiger partial charge in [-0.2, -0.15) is 9.37 Å². The fourth-order valence-corrected chi connectivity index (χ4v) is 3.90. The SMILES string of the molecule is COc1ccc(Cn2nc(Br)nc2C(F)(OCCO[Si](C)(C)C(C)(C)C)C(F)F)cc1. The smallest absolute Gasteiger partial charge is 0.330 e. The van der Waals surface area contributed by atoms with E-state index < -0.39 is 26.4 Å². The molecule has 0 saturated heterocycles. The van der Waals surface area contributed by atoms with E-state index in [-0.39, 0.29) is 29.5 Å². The van der Waals surface area contributed by atoms with Crippen LogP contribution >= 0.6 is 15.9 Å². The number of methoxy groups -OCH3 is 1. The Hall–Kier alpha value is -1.43. The molecule has 1 atom stereocenters. The van der Waals surface area contributed by atoms with Crippen LogP contribution in [0.1, 0.15) is 32.2 Å². The van der Waals surface area contributed by atoms with Crippen LogP contribution in [0.15, 0.2) is 29.0 Å². The molecule has 1 aromatic heterocycles. The quantitative estimate of drug-likeness (QED) is 0.303. The molecule has 31 heavy (non-hydrogen) atoms. The van der Waals surface area contributed by atoms with Crippen LogP contribution in [-0.4, -0.2) is 49.8 Å². The topological polar surface area (TPSA) is 58.4 Å². The lowest BCUT2D eigenvalue weighted by Gasteiger charge is -2.36. The zero-order valence-corrected chi connectivity index (χ0v) is 21.2. The fraction of sp³-hybridized carbons (Fsp3) is 0.600. The molecule has 1 aromatic carbocycles. The van der Waals surface area contributed by atoms with Gasteiger partial charge >= 0.3 is 12.3 Å². The van der Waals surface area contributed by atoms with Crippen molar-refractivity contribution in [3.05, 3.63) is 40.4 Å².